The van der Waals surface area contributed by atoms with Crippen LogP contribution >= 0.6 is 0 Å². The summed E-state index contributed by atoms with van der Waals surface area (Å²) in [4.78, 5) is 40.4. The van der Waals surface area contributed by atoms with Gasteiger partial charge in [-0.3, -0.25) is 24.6 Å². The summed E-state index contributed by atoms with van der Waals surface area (Å²) >= 11 is 0. The summed E-state index contributed by atoms with van der Waals surface area (Å²) in [6.45, 7) is 3.97. The maximum absolute atomic E-state index is 12.8. The lowest BCUT2D eigenvalue weighted by atomic mass is 10.0. The fraction of sp³-hybridized carbons (Fsp3) is 0.526. The van der Waals surface area contributed by atoms with E-state index in [1.54, 1.807) is 4.90 Å². The molecule has 3 amide bonds. The lowest BCUT2D eigenvalue weighted by Gasteiger charge is -2.29. The largest absolute Gasteiger partial charge is 0.330 e. The molecule has 3 N–H and O–H groups in total. The molecule has 3 aliphatic heterocycles. The molecule has 3 heterocycles. The molecule has 2 fully saturated rings. The Morgan fingerprint density at radius 2 is 2.04 bits per heavy atom. The fourth-order valence-corrected chi connectivity index (χ4v) is 4.29. The van der Waals surface area contributed by atoms with Crippen LogP contribution in [-0.4, -0.2) is 53.2 Å². The SMILES string of the molecule is NC[C@@H]1CCN(Cc2cccc3c2CN(C2CCC(=O)NC2=O)C3=O)C1. The van der Waals surface area contributed by atoms with Gasteiger partial charge in [-0.05, 0) is 49.0 Å². The van der Waals surface area contributed by atoms with Crippen LogP contribution in [0.5, 0.6) is 0 Å². The number of rotatable bonds is 4. The standard InChI is InChI=1S/C19H24N4O3/c20-8-12-6-7-22(9-12)10-13-2-1-3-14-15(13)11-23(19(14)26)16-4-5-17(24)21-18(16)25/h1-3,12,16H,4-11,20H2,(H,21,24,25)/t12-,16?/m0/s1. The molecule has 26 heavy (non-hydrogen) atoms. The summed E-state index contributed by atoms with van der Waals surface area (Å²) in [5, 5.41) is 2.35. The number of amides is 3. The molecule has 0 aliphatic carbocycles. The van der Waals surface area contributed by atoms with Gasteiger partial charge in [0.15, 0.2) is 0 Å². The van der Waals surface area contributed by atoms with Crippen LogP contribution in [0.2, 0.25) is 0 Å². The molecular formula is C19H24N4O3. The summed E-state index contributed by atoms with van der Waals surface area (Å²) in [6.07, 6.45) is 1.79. The molecule has 7 heteroatoms. The van der Waals surface area contributed by atoms with Crippen molar-refractivity contribution in [2.24, 2.45) is 11.7 Å². The third-order valence-electron chi connectivity index (χ3n) is 5.78. The van der Waals surface area contributed by atoms with Crippen LogP contribution in [0.25, 0.3) is 0 Å². The van der Waals surface area contributed by atoms with E-state index in [2.05, 4.69) is 16.3 Å². The Balaban J connectivity index is 1.53. The van der Waals surface area contributed by atoms with E-state index >= 15 is 0 Å². The Kier molecular flexibility index (Phi) is 4.50. The Morgan fingerprint density at radius 3 is 2.77 bits per heavy atom. The van der Waals surface area contributed by atoms with Crippen LogP contribution < -0.4 is 11.1 Å². The molecule has 1 aromatic carbocycles. The Labute approximate surface area is 152 Å². The first kappa shape index (κ1) is 17.2. The van der Waals surface area contributed by atoms with Gasteiger partial charge in [-0.2, -0.15) is 0 Å². The van der Waals surface area contributed by atoms with E-state index in [0.29, 0.717) is 31.0 Å². The molecule has 0 bridgehead atoms. The van der Waals surface area contributed by atoms with Gasteiger partial charge in [-0.25, -0.2) is 0 Å². The normalized spacial score (nSPS) is 26.3. The van der Waals surface area contributed by atoms with Crippen LogP contribution in [0.15, 0.2) is 18.2 Å². The molecule has 1 aromatic rings. The molecule has 0 aromatic heterocycles. The highest BCUT2D eigenvalue weighted by Gasteiger charge is 2.39. The second-order valence-electron chi connectivity index (χ2n) is 7.47. The number of nitrogens with zero attached hydrogens (tertiary/aromatic N) is 2. The second-order valence-corrected chi connectivity index (χ2v) is 7.47. The third-order valence-corrected chi connectivity index (χ3v) is 5.78. The van der Waals surface area contributed by atoms with Crippen LogP contribution in [0.1, 0.15) is 40.7 Å². The van der Waals surface area contributed by atoms with E-state index in [1.807, 2.05) is 12.1 Å². The first-order valence-electron chi connectivity index (χ1n) is 9.24. The molecule has 2 atom stereocenters. The molecule has 2 saturated heterocycles. The highest BCUT2D eigenvalue weighted by molar-refractivity contribution is 6.05. The zero-order valence-corrected chi connectivity index (χ0v) is 14.7. The van der Waals surface area contributed by atoms with Gasteiger partial charge in [-0.15, -0.1) is 0 Å². The number of fused-ring (bicyclic) bond motifs is 1. The maximum atomic E-state index is 12.8. The van der Waals surface area contributed by atoms with E-state index < -0.39 is 6.04 Å². The van der Waals surface area contributed by atoms with Crippen LogP contribution in [0, 0.1) is 5.92 Å². The number of piperidine rings is 1. The van der Waals surface area contributed by atoms with Crippen LogP contribution in [-0.2, 0) is 22.7 Å². The number of hydrogen-bond donors (Lipinski definition) is 2. The van der Waals surface area contributed by atoms with Crippen LogP contribution in [0.3, 0.4) is 0 Å². The number of carbonyl (C=O) groups is 3. The van der Waals surface area contributed by atoms with Gasteiger partial charge in [0.25, 0.3) is 5.91 Å². The zero-order valence-electron chi connectivity index (χ0n) is 14.7. The molecule has 4 rings (SSSR count). The number of nitrogens with two attached hydrogens (primary N) is 1. The predicted molar refractivity (Wildman–Crippen MR) is 94.9 cm³/mol. The molecule has 0 saturated carbocycles. The average Bonchev–Trinajstić information content (AvgIpc) is 3.21. The monoisotopic (exact) mass is 356 g/mol. The smallest absolute Gasteiger partial charge is 0.255 e. The lowest BCUT2D eigenvalue weighted by Crippen LogP contribution is -2.52. The summed E-state index contributed by atoms with van der Waals surface area (Å²) < 4.78 is 0. The van der Waals surface area contributed by atoms with Gasteiger partial charge >= 0.3 is 0 Å². The van der Waals surface area contributed by atoms with Crippen LogP contribution in [0.4, 0.5) is 0 Å². The van der Waals surface area contributed by atoms with E-state index in [9.17, 15) is 14.4 Å². The summed E-state index contributed by atoms with van der Waals surface area (Å²) in [5.41, 5.74) is 8.62. The highest BCUT2D eigenvalue weighted by atomic mass is 16.2. The fourth-order valence-electron chi connectivity index (χ4n) is 4.29. The molecule has 0 spiro atoms. The topological polar surface area (TPSA) is 95.7 Å². The van der Waals surface area contributed by atoms with E-state index in [-0.39, 0.29) is 24.1 Å². The van der Waals surface area contributed by atoms with Crippen molar-refractivity contribution in [3.05, 3.63) is 34.9 Å². The summed E-state index contributed by atoms with van der Waals surface area (Å²) in [5.74, 6) is -0.195. The van der Waals surface area contributed by atoms with Gasteiger partial charge in [0.2, 0.25) is 11.8 Å². The Morgan fingerprint density at radius 1 is 1.19 bits per heavy atom. The second kappa shape index (κ2) is 6.81. The van der Waals surface area contributed by atoms with E-state index in [4.69, 9.17) is 5.73 Å². The predicted octanol–water partition coefficient (Wildman–Crippen LogP) is 0.228. The number of carbonyl (C=O) groups excluding carboxylic acids is 3. The number of hydrogen-bond acceptors (Lipinski definition) is 5. The number of benzene rings is 1. The highest BCUT2D eigenvalue weighted by Crippen LogP contribution is 2.31. The molecule has 0 radical (unpaired) electrons. The molecular weight excluding hydrogens is 332 g/mol. The average molecular weight is 356 g/mol. The number of imide groups is 1. The lowest BCUT2D eigenvalue weighted by molar-refractivity contribution is -0.136. The molecule has 1 unspecified atom stereocenters. The van der Waals surface area contributed by atoms with Crippen molar-refractivity contribution in [2.75, 3.05) is 19.6 Å². The minimum absolute atomic E-state index is 0.113. The molecule has 7 nitrogen and oxygen atoms in total. The van der Waals surface area contributed by atoms with Crippen molar-refractivity contribution >= 4 is 17.7 Å². The third kappa shape index (κ3) is 3.01. The quantitative estimate of drug-likeness (QED) is 0.753. The van der Waals surface area contributed by atoms with Gasteiger partial charge in [-0.1, -0.05) is 12.1 Å². The van der Waals surface area contributed by atoms with Gasteiger partial charge in [0, 0.05) is 31.6 Å². The maximum Gasteiger partial charge on any atom is 0.255 e. The van der Waals surface area contributed by atoms with E-state index in [1.165, 1.54) is 0 Å². The van der Waals surface area contributed by atoms with Crippen molar-refractivity contribution < 1.29 is 14.4 Å². The Bertz CT molecular complexity index is 763. The molecule has 138 valence electrons. The molecule has 3 aliphatic rings. The van der Waals surface area contributed by atoms with Gasteiger partial charge in [0.05, 0.1) is 0 Å². The minimum Gasteiger partial charge on any atom is -0.330 e. The van der Waals surface area contributed by atoms with Gasteiger partial charge < -0.3 is 10.6 Å². The summed E-state index contributed by atoms with van der Waals surface area (Å²) in [7, 11) is 0. The van der Waals surface area contributed by atoms with Crippen molar-refractivity contribution in [2.45, 2.75) is 38.4 Å². The number of nitrogens with one attached hydrogen (secondary N) is 1. The zero-order chi connectivity index (χ0) is 18.3. The minimum atomic E-state index is -0.561. The number of likely N-dealkylation sites (tertiary alicyclic amines) is 1. The summed E-state index contributed by atoms with van der Waals surface area (Å²) in [6, 6.07) is 5.25. The van der Waals surface area contributed by atoms with Crippen molar-refractivity contribution in [3.63, 3.8) is 0 Å². The first-order valence-corrected chi connectivity index (χ1v) is 9.24. The first-order chi connectivity index (χ1) is 12.6. The Hall–Kier alpha value is -2.25. The van der Waals surface area contributed by atoms with Crippen molar-refractivity contribution in [1.29, 1.82) is 0 Å². The van der Waals surface area contributed by atoms with Crippen molar-refractivity contribution in [1.82, 2.24) is 15.1 Å². The van der Waals surface area contributed by atoms with Crippen molar-refractivity contribution in [3.8, 4) is 0 Å². The van der Waals surface area contributed by atoms with E-state index in [0.717, 1.165) is 37.2 Å². The van der Waals surface area contributed by atoms with Gasteiger partial charge in [0.1, 0.15) is 6.04 Å².